The Kier molecular flexibility index (Phi) is 5.30. The second-order valence-corrected chi connectivity index (χ2v) is 7.30. The fourth-order valence-electron chi connectivity index (χ4n) is 4.58. The van der Waals surface area contributed by atoms with Crippen molar-refractivity contribution in [3.8, 4) is 0 Å². The normalized spacial score (nSPS) is 29.8. The highest BCUT2D eigenvalue weighted by Crippen LogP contribution is 2.52. The monoisotopic (exact) mass is 308 g/mol. The molecule has 2 aliphatic carbocycles. The lowest BCUT2D eigenvalue weighted by Gasteiger charge is -2.45. The number of aliphatic carboxylic acids is 2. The molecule has 0 bridgehead atoms. The van der Waals surface area contributed by atoms with Gasteiger partial charge in [0.15, 0.2) is 0 Å². The van der Waals surface area contributed by atoms with Gasteiger partial charge in [-0.15, -0.1) is 0 Å². The second kappa shape index (κ2) is 6.84. The predicted molar refractivity (Wildman–Crippen MR) is 84.6 cm³/mol. The van der Waals surface area contributed by atoms with E-state index in [2.05, 4.69) is 13.8 Å². The summed E-state index contributed by atoms with van der Waals surface area (Å²) >= 11 is 0. The molecule has 0 saturated heterocycles. The average molecular weight is 308 g/mol. The van der Waals surface area contributed by atoms with Crippen LogP contribution in [0.25, 0.3) is 0 Å². The van der Waals surface area contributed by atoms with Crippen LogP contribution in [0.1, 0.15) is 71.6 Å². The second-order valence-electron chi connectivity index (χ2n) is 7.30. The average Bonchev–Trinajstić information content (AvgIpc) is 2.47. The maximum absolute atomic E-state index is 11.7. The molecule has 2 saturated carbocycles. The van der Waals surface area contributed by atoms with Crippen LogP contribution in [0.15, 0.2) is 11.1 Å². The van der Waals surface area contributed by atoms with Crippen molar-refractivity contribution in [2.24, 2.45) is 17.3 Å². The lowest BCUT2D eigenvalue weighted by molar-refractivity contribution is -0.140. The first-order valence-electron chi connectivity index (χ1n) is 8.59. The summed E-state index contributed by atoms with van der Waals surface area (Å²) in [5.74, 6) is -2.08. The highest BCUT2D eigenvalue weighted by atomic mass is 16.4. The Hall–Kier alpha value is -1.32. The zero-order chi connectivity index (χ0) is 16.3. The van der Waals surface area contributed by atoms with E-state index in [0.717, 1.165) is 56.9 Å². The molecule has 2 aliphatic rings. The first-order chi connectivity index (χ1) is 10.4. The third kappa shape index (κ3) is 3.21. The molecule has 2 fully saturated rings. The third-order valence-corrected chi connectivity index (χ3v) is 6.00. The van der Waals surface area contributed by atoms with Gasteiger partial charge in [-0.25, -0.2) is 9.59 Å². The maximum atomic E-state index is 11.7. The van der Waals surface area contributed by atoms with Crippen molar-refractivity contribution in [1.29, 1.82) is 0 Å². The predicted octanol–water partition coefficient (Wildman–Crippen LogP) is 4.25. The summed E-state index contributed by atoms with van der Waals surface area (Å²) in [6.45, 7) is 4.26. The number of carboxylic acids is 2. The molecular formula is C18H28O4. The van der Waals surface area contributed by atoms with Gasteiger partial charge in [0.2, 0.25) is 0 Å². The third-order valence-electron chi connectivity index (χ3n) is 6.00. The highest BCUT2D eigenvalue weighted by Gasteiger charge is 2.44. The minimum absolute atomic E-state index is 0.126. The van der Waals surface area contributed by atoms with E-state index in [-0.39, 0.29) is 16.9 Å². The Morgan fingerprint density at radius 1 is 0.909 bits per heavy atom. The van der Waals surface area contributed by atoms with Crippen LogP contribution in [0, 0.1) is 17.3 Å². The Balaban J connectivity index is 2.55. The molecule has 0 aromatic carbocycles. The van der Waals surface area contributed by atoms with Crippen LogP contribution in [-0.2, 0) is 9.59 Å². The van der Waals surface area contributed by atoms with Crippen LogP contribution in [0.2, 0.25) is 0 Å². The summed E-state index contributed by atoms with van der Waals surface area (Å²) in [5.41, 5.74) is 0.106. The van der Waals surface area contributed by atoms with Gasteiger partial charge in [0.25, 0.3) is 0 Å². The summed E-state index contributed by atoms with van der Waals surface area (Å²) in [6.07, 6.45) is 9.36. The van der Waals surface area contributed by atoms with Gasteiger partial charge in [-0.1, -0.05) is 46.0 Å². The number of carboxylic acid groups (broad SMARTS) is 2. The van der Waals surface area contributed by atoms with Gasteiger partial charge in [-0.2, -0.15) is 0 Å². The van der Waals surface area contributed by atoms with E-state index in [1.807, 2.05) is 0 Å². The lowest BCUT2D eigenvalue weighted by atomic mass is 9.58. The summed E-state index contributed by atoms with van der Waals surface area (Å²) < 4.78 is 0. The van der Waals surface area contributed by atoms with Gasteiger partial charge in [-0.3, -0.25) is 0 Å². The molecule has 0 spiro atoms. The van der Waals surface area contributed by atoms with Gasteiger partial charge >= 0.3 is 11.9 Å². The SMILES string of the molecule is CC1CCCCC1(C)C(=C(C(=O)O)C(=O)O)C1CCCCC1. The van der Waals surface area contributed by atoms with Gasteiger partial charge in [0.05, 0.1) is 0 Å². The molecule has 0 aliphatic heterocycles. The van der Waals surface area contributed by atoms with E-state index in [1.165, 1.54) is 6.42 Å². The standard InChI is InChI=1S/C18H28O4/c1-12-8-6-7-11-18(12,2)15(13-9-4-3-5-10-13)14(16(19)20)17(21)22/h12-13H,3-11H2,1-2H3,(H,19,20)(H,21,22). The van der Waals surface area contributed by atoms with E-state index >= 15 is 0 Å². The number of hydrogen-bond acceptors (Lipinski definition) is 2. The topological polar surface area (TPSA) is 74.6 Å². The van der Waals surface area contributed by atoms with Crippen molar-refractivity contribution in [3.05, 3.63) is 11.1 Å². The van der Waals surface area contributed by atoms with Crippen LogP contribution in [0.5, 0.6) is 0 Å². The van der Waals surface area contributed by atoms with Crippen LogP contribution in [0.4, 0.5) is 0 Å². The Labute approximate surface area is 132 Å². The molecule has 2 N–H and O–H groups in total. The van der Waals surface area contributed by atoms with Crippen molar-refractivity contribution in [2.75, 3.05) is 0 Å². The van der Waals surface area contributed by atoms with Crippen molar-refractivity contribution >= 4 is 11.9 Å². The van der Waals surface area contributed by atoms with Crippen LogP contribution < -0.4 is 0 Å². The fraction of sp³-hybridized carbons (Fsp3) is 0.778. The van der Waals surface area contributed by atoms with Gasteiger partial charge in [0, 0.05) is 0 Å². The Morgan fingerprint density at radius 3 is 1.95 bits per heavy atom. The molecule has 0 aromatic heterocycles. The van der Waals surface area contributed by atoms with Gasteiger partial charge < -0.3 is 10.2 Å². The lowest BCUT2D eigenvalue weighted by Crippen LogP contribution is -2.37. The molecule has 0 heterocycles. The van der Waals surface area contributed by atoms with Gasteiger partial charge in [-0.05, 0) is 48.5 Å². The molecule has 2 unspecified atom stereocenters. The summed E-state index contributed by atoms with van der Waals surface area (Å²) in [4.78, 5) is 23.4. The van der Waals surface area contributed by atoms with Gasteiger partial charge in [0.1, 0.15) is 5.57 Å². The number of carbonyl (C=O) groups is 2. The molecule has 0 aromatic rings. The largest absolute Gasteiger partial charge is 0.477 e. The molecule has 4 nitrogen and oxygen atoms in total. The van der Waals surface area contributed by atoms with E-state index in [1.54, 1.807) is 0 Å². The van der Waals surface area contributed by atoms with Crippen molar-refractivity contribution in [1.82, 2.24) is 0 Å². The van der Waals surface area contributed by atoms with Crippen LogP contribution in [-0.4, -0.2) is 22.2 Å². The van der Waals surface area contributed by atoms with E-state index in [9.17, 15) is 19.8 Å². The molecule has 2 rings (SSSR count). The number of rotatable bonds is 4. The minimum Gasteiger partial charge on any atom is -0.477 e. The van der Waals surface area contributed by atoms with Crippen LogP contribution in [0.3, 0.4) is 0 Å². The fourth-order valence-corrected chi connectivity index (χ4v) is 4.58. The quantitative estimate of drug-likeness (QED) is 0.462. The summed E-state index contributed by atoms with van der Waals surface area (Å²) in [5, 5.41) is 19.1. The first-order valence-corrected chi connectivity index (χ1v) is 8.59. The molecule has 0 amide bonds. The number of allylic oxidation sites excluding steroid dienone is 1. The smallest absolute Gasteiger partial charge is 0.343 e. The van der Waals surface area contributed by atoms with Crippen molar-refractivity contribution in [3.63, 3.8) is 0 Å². The first kappa shape index (κ1) is 17.0. The molecule has 124 valence electrons. The van der Waals surface area contributed by atoms with E-state index < -0.39 is 11.9 Å². The summed E-state index contributed by atoms with van der Waals surface area (Å²) in [6, 6.07) is 0. The van der Waals surface area contributed by atoms with E-state index in [4.69, 9.17) is 0 Å². The molecular weight excluding hydrogens is 280 g/mol. The maximum Gasteiger partial charge on any atom is 0.343 e. The van der Waals surface area contributed by atoms with Crippen molar-refractivity contribution < 1.29 is 19.8 Å². The Bertz CT molecular complexity index is 457. The summed E-state index contributed by atoms with van der Waals surface area (Å²) in [7, 11) is 0. The minimum atomic E-state index is -1.27. The molecule has 2 atom stereocenters. The highest BCUT2D eigenvalue weighted by molar-refractivity contribution is 6.13. The molecule has 22 heavy (non-hydrogen) atoms. The molecule has 0 radical (unpaired) electrons. The Morgan fingerprint density at radius 2 is 1.45 bits per heavy atom. The van der Waals surface area contributed by atoms with Crippen molar-refractivity contribution in [2.45, 2.75) is 71.6 Å². The number of hydrogen-bond donors (Lipinski definition) is 2. The zero-order valence-corrected chi connectivity index (χ0v) is 13.7. The van der Waals surface area contributed by atoms with Crippen LogP contribution >= 0.6 is 0 Å². The molecule has 4 heteroatoms. The van der Waals surface area contributed by atoms with E-state index in [0.29, 0.717) is 5.92 Å². The zero-order valence-electron chi connectivity index (χ0n) is 13.7.